The van der Waals surface area contributed by atoms with Crippen LogP contribution >= 0.6 is 0 Å². The Morgan fingerprint density at radius 3 is 2.36 bits per heavy atom. The number of piperidine rings is 1. The van der Waals surface area contributed by atoms with Crippen molar-refractivity contribution in [1.82, 2.24) is 14.7 Å². The average Bonchev–Trinajstić information content (AvgIpc) is 3.34. The van der Waals surface area contributed by atoms with E-state index in [0.717, 1.165) is 37.3 Å². The summed E-state index contributed by atoms with van der Waals surface area (Å²) in [5.74, 6) is -0.858. The van der Waals surface area contributed by atoms with Crippen molar-refractivity contribution in [3.8, 4) is 0 Å². The molecule has 1 aromatic carbocycles. The van der Waals surface area contributed by atoms with E-state index >= 15 is 0 Å². The standard InChI is InChI=1S/C32H41FN4O5/c1-20-16-25-35-24(28(39)34-18-23(38)17-21-8-10-22(33)11-9-21)19-37(25)29(36-14-12-32(5,6)13-15-36)26(20)27(30(40)41-7)42-31(2,3)4/h8-11,16,19,27H,12-15,17-18H2,1-7H3,(H,34,39)/t27-/m0/s1. The number of Topliss-reactive ketones (excluding diaryl/α,β-unsaturated/α-hetero) is 1. The number of aryl methyl sites for hydroxylation is 1. The van der Waals surface area contributed by atoms with Gasteiger partial charge < -0.3 is 19.7 Å². The van der Waals surface area contributed by atoms with Gasteiger partial charge in [-0.2, -0.15) is 0 Å². The molecule has 226 valence electrons. The summed E-state index contributed by atoms with van der Waals surface area (Å²) in [5, 5.41) is 2.66. The third-order valence-corrected chi connectivity index (χ3v) is 7.53. The van der Waals surface area contributed by atoms with Crippen molar-refractivity contribution in [2.75, 3.05) is 31.6 Å². The second-order valence-corrected chi connectivity index (χ2v) is 12.7. The van der Waals surface area contributed by atoms with E-state index in [0.29, 0.717) is 16.8 Å². The summed E-state index contributed by atoms with van der Waals surface area (Å²) in [6, 6.07) is 7.51. The number of aromatic nitrogens is 2. The van der Waals surface area contributed by atoms with E-state index in [1.165, 1.54) is 19.2 Å². The van der Waals surface area contributed by atoms with Gasteiger partial charge in [0.15, 0.2) is 11.9 Å². The third-order valence-electron chi connectivity index (χ3n) is 7.53. The Labute approximate surface area is 246 Å². The maximum absolute atomic E-state index is 13.2. The van der Waals surface area contributed by atoms with E-state index < -0.39 is 23.6 Å². The summed E-state index contributed by atoms with van der Waals surface area (Å²) in [7, 11) is 1.34. The van der Waals surface area contributed by atoms with Gasteiger partial charge >= 0.3 is 5.97 Å². The first-order valence-corrected chi connectivity index (χ1v) is 14.2. The highest BCUT2D eigenvalue weighted by Gasteiger charge is 2.36. The molecule has 0 spiro atoms. The van der Waals surface area contributed by atoms with Crippen LogP contribution < -0.4 is 10.2 Å². The molecule has 1 aliphatic heterocycles. The molecule has 0 unspecified atom stereocenters. The topological polar surface area (TPSA) is 102 Å². The monoisotopic (exact) mass is 580 g/mol. The largest absolute Gasteiger partial charge is 0.467 e. The Balaban J connectivity index is 1.69. The quantitative estimate of drug-likeness (QED) is 0.356. The van der Waals surface area contributed by atoms with Crippen LogP contribution in [0.2, 0.25) is 0 Å². The number of rotatable bonds is 9. The summed E-state index contributed by atoms with van der Waals surface area (Å²) >= 11 is 0. The minimum Gasteiger partial charge on any atom is -0.467 e. The lowest BCUT2D eigenvalue weighted by Gasteiger charge is -2.40. The molecular weight excluding hydrogens is 539 g/mol. The predicted molar refractivity (Wildman–Crippen MR) is 158 cm³/mol. The van der Waals surface area contributed by atoms with E-state index in [9.17, 15) is 18.8 Å². The molecule has 0 saturated carbocycles. The molecule has 1 aliphatic rings. The number of nitrogens with one attached hydrogen (secondary N) is 1. The molecule has 42 heavy (non-hydrogen) atoms. The number of anilines is 1. The molecule has 0 bridgehead atoms. The molecule has 2 aromatic heterocycles. The third kappa shape index (κ3) is 7.34. The van der Waals surface area contributed by atoms with Gasteiger partial charge in [0.2, 0.25) is 0 Å². The first kappa shape index (κ1) is 31.2. The molecule has 1 amide bonds. The molecule has 3 heterocycles. The first-order chi connectivity index (χ1) is 19.7. The van der Waals surface area contributed by atoms with Crippen molar-refractivity contribution in [1.29, 1.82) is 0 Å². The summed E-state index contributed by atoms with van der Waals surface area (Å²) in [4.78, 5) is 45.5. The van der Waals surface area contributed by atoms with Crippen LogP contribution in [0.4, 0.5) is 10.2 Å². The lowest BCUT2D eigenvalue weighted by Crippen LogP contribution is -2.40. The van der Waals surface area contributed by atoms with E-state index in [1.54, 1.807) is 18.3 Å². The first-order valence-electron chi connectivity index (χ1n) is 14.2. The second-order valence-electron chi connectivity index (χ2n) is 12.7. The smallest absolute Gasteiger partial charge is 0.339 e. The van der Waals surface area contributed by atoms with Gasteiger partial charge in [-0.3, -0.25) is 14.0 Å². The van der Waals surface area contributed by atoms with Crippen LogP contribution in [0.1, 0.15) is 80.7 Å². The number of pyridine rings is 1. The lowest BCUT2D eigenvalue weighted by molar-refractivity contribution is -0.164. The van der Waals surface area contributed by atoms with E-state index in [4.69, 9.17) is 9.47 Å². The number of benzene rings is 1. The number of carbonyl (C=O) groups excluding carboxylic acids is 3. The molecule has 9 nitrogen and oxygen atoms in total. The minimum absolute atomic E-state index is 0.0758. The average molecular weight is 581 g/mol. The molecular formula is C32H41FN4O5. The van der Waals surface area contributed by atoms with Gasteiger partial charge in [-0.25, -0.2) is 14.2 Å². The highest BCUT2D eigenvalue weighted by atomic mass is 19.1. The van der Waals surface area contributed by atoms with Gasteiger partial charge in [-0.1, -0.05) is 26.0 Å². The highest BCUT2D eigenvalue weighted by molar-refractivity contribution is 5.96. The fourth-order valence-electron chi connectivity index (χ4n) is 5.17. The fraction of sp³-hybridized carbons (Fsp3) is 0.500. The summed E-state index contributed by atoms with van der Waals surface area (Å²) in [6.07, 6.45) is 2.62. The maximum atomic E-state index is 13.2. The zero-order valence-electron chi connectivity index (χ0n) is 25.5. The number of halogens is 1. The van der Waals surface area contributed by atoms with Crippen LogP contribution in [0, 0.1) is 18.2 Å². The zero-order valence-corrected chi connectivity index (χ0v) is 25.5. The Morgan fingerprint density at radius 1 is 1.12 bits per heavy atom. The van der Waals surface area contributed by atoms with Gasteiger partial charge in [0.1, 0.15) is 23.0 Å². The molecule has 0 aliphatic carbocycles. The SMILES string of the molecule is COC(=O)[C@@H](OC(C)(C)C)c1c(C)cc2nc(C(=O)NCC(=O)Cc3ccc(F)cc3)cn2c1N1CCC(C)(C)CC1. The number of carbonyl (C=O) groups is 3. The van der Waals surface area contributed by atoms with Gasteiger partial charge in [0.25, 0.3) is 5.91 Å². The Bertz CT molecular complexity index is 1460. The predicted octanol–water partition coefficient (Wildman–Crippen LogP) is 4.98. The molecule has 1 atom stereocenters. The van der Waals surface area contributed by atoms with Crippen LogP contribution in [0.15, 0.2) is 36.5 Å². The van der Waals surface area contributed by atoms with Gasteiger partial charge in [-0.15, -0.1) is 0 Å². The lowest BCUT2D eigenvalue weighted by atomic mass is 9.82. The minimum atomic E-state index is -0.993. The van der Waals surface area contributed by atoms with Gasteiger partial charge in [-0.05, 0) is 75.3 Å². The van der Waals surface area contributed by atoms with E-state index in [1.807, 2.05) is 38.2 Å². The molecule has 10 heteroatoms. The Morgan fingerprint density at radius 2 is 1.76 bits per heavy atom. The van der Waals surface area contributed by atoms with Crippen molar-refractivity contribution in [3.63, 3.8) is 0 Å². The van der Waals surface area contributed by atoms with Crippen molar-refractivity contribution in [2.24, 2.45) is 5.41 Å². The molecule has 3 aromatic rings. The number of hydrogen-bond donors (Lipinski definition) is 1. The number of fused-ring (bicyclic) bond motifs is 1. The molecule has 0 radical (unpaired) electrons. The van der Waals surface area contributed by atoms with Gasteiger partial charge in [0.05, 0.1) is 19.3 Å². The number of imidazole rings is 1. The highest BCUT2D eigenvalue weighted by Crippen LogP contribution is 2.39. The summed E-state index contributed by atoms with van der Waals surface area (Å²) in [5.41, 5.74) is 2.35. The van der Waals surface area contributed by atoms with Crippen LogP contribution in [-0.4, -0.2) is 59.4 Å². The van der Waals surface area contributed by atoms with Crippen LogP contribution in [0.25, 0.3) is 5.65 Å². The van der Waals surface area contributed by atoms with Crippen molar-refractivity contribution < 1.29 is 28.2 Å². The number of ether oxygens (including phenoxy) is 2. The number of ketones is 1. The molecule has 1 saturated heterocycles. The van der Waals surface area contributed by atoms with Crippen molar-refractivity contribution in [3.05, 3.63) is 64.7 Å². The zero-order chi connectivity index (χ0) is 30.8. The second kappa shape index (κ2) is 12.2. The molecule has 1 N–H and O–H groups in total. The maximum Gasteiger partial charge on any atom is 0.339 e. The number of esters is 1. The summed E-state index contributed by atoms with van der Waals surface area (Å²) in [6.45, 7) is 13.4. The number of nitrogens with zero attached hydrogens (tertiary/aromatic N) is 3. The summed E-state index contributed by atoms with van der Waals surface area (Å²) < 4.78 is 26.5. The van der Waals surface area contributed by atoms with Crippen molar-refractivity contribution >= 4 is 29.1 Å². The Kier molecular flexibility index (Phi) is 9.06. The number of hydrogen-bond acceptors (Lipinski definition) is 7. The molecule has 1 fully saturated rings. The van der Waals surface area contributed by atoms with Crippen LogP contribution in [-0.2, 0) is 25.5 Å². The van der Waals surface area contributed by atoms with E-state index in [2.05, 4.69) is 29.0 Å². The van der Waals surface area contributed by atoms with Crippen LogP contribution in [0.3, 0.4) is 0 Å². The van der Waals surface area contributed by atoms with E-state index in [-0.39, 0.29) is 35.7 Å². The number of amides is 1. The number of methoxy groups -OCH3 is 1. The van der Waals surface area contributed by atoms with Gasteiger partial charge in [0, 0.05) is 31.3 Å². The normalized spacial score (nSPS) is 15.9. The fourth-order valence-corrected chi connectivity index (χ4v) is 5.17. The van der Waals surface area contributed by atoms with Crippen LogP contribution in [0.5, 0.6) is 0 Å². The molecule has 4 rings (SSSR count). The van der Waals surface area contributed by atoms with Crippen molar-refractivity contribution in [2.45, 2.75) is 72.5 Å². The Hall–Kier alpha value is -3.79.